The van der Waals surface area contributed by atoms with Crippen molar-refractivity contribution >= 4 is 46.6 Å². The monoisotopic (exact) mass is 307 g/mol. The maximum atomic E-state index is 13.5. The fourth-order valence-corrected chi connectivity index (χ4v) is 2.57. The number of halogens is 4. The van der Waals surface area contributed by atoms with E-state index in [-0.39, 0.29) is 10.0 Å². The molecule has 0 aliphatic rings. The highest BCUT2D eigenvalue weighted by Crippen LogP contribution is 2.35. The quantitative estimate of drug-likeness (QED) is 0.743. The van der Waals surface area contributed by atoms with Crippen LogP contribution < -0.4 is 0 Å². The van der Waals surface area contributed by atoms with Crippen LogP contribution >= 0.6 is 46.6 Å². The summed E-state index contributed by atoms with van der Waals surface area (Å²) < 4.78 is 13.5. The molecule has 0 saturated carbocycles. The Morgan fingerprint density at radius 3 is 2.53 bits per heavy atom. The van der Waals surface area contributed by atoms with E-state index < -0.39 is 5.82 Å². The zero-order chi connectivity index (χ0) is 12.4. The van der Waals surface area contributed by atoms with E-state index in [1.807, 2.05) is 0 Å². The van der Waals surface area contributed by atoms with Gasteiger partial charge in [-0.25, -0.2) is 9.37 Å². The third kappa shape index (κ3) is 3.26. The highest BCUT2D eigenvalue weighted by molar-refractivity contribution is 7.99. The van der Waals surface area contributed by atoms with E-state index in [1.54, 1.807) is 18.2 Å². The minimum atomic E-state index is -0.487. The molecule has 6 heteroatoms. The molecule has 17 heavy (non-hydrogen) atoms. The van der Waals surface area contributed by atoms with Gasteiger partial charge in [-0.1, -0.05) is 46.6 Å². The first-order chi connectivity index (χ1) is 8.06. The SMILES string of the molecule is Fc1cc(Cl)cnc1Sc1cc(Cl)ccc1Cl. The van der Waals surface area contributed by atoms with Gasteiger partial charge in [-0.05, 0) is 24.3 Å². The van der Waals surface area contributed by atoms with Crippen LogP contribution in [-0.4, -0.2) is 4.98 Å². The van der Waals surface area contributed by atoms with Gasteiger partial charge in [0.25, 0.3) is 0 Å². The maximum absolute atomic E-state index is 13.5. The molecule has 1 aromatic carbocycles. The Labute approximate surface area is 117 Å². The number of hydrogen-bond donors (Lipinski definition) is 0. The van der Waals surface area contributed by atoms with Gasteiger partial charge in [0.05, 0.1) is 10.0 Å². The third-order valence-electron chi connectivity index (χ3n) is 1.87. The van der Waals surface area contributed by atoms with Crippen molar-refractivity contribution in [2.75, 3.05) is 0 Å². The molecule has 0 fully saturated rings. The van der Waals surface area contributed by atoms with Crippen LogP contribution in [0.1, 0.15) is 0 Å². The van der Waals surface area contributed by atoms with Crippen LogP contribution in [0.25, 0.3) is 0 Å². The molecule has 0 radical (unpaired) electrons. The number of aromatic nitrogens is 1. The number of pyridine rings is 1. The Morgan fingerprint density at radius 1 is 1.06 bits per heavy atom. The van der Waals surface area contributed by atoms with Gasteiger partial charge in [-0.3, -0.25) is 0 Å². The average molecular weight is 309 g/mol. The molecule has 1 nitrogen and oxygen atoms in total. The van der Waals surface area contributed by atoms with Crippen LogP contribution in [0.3, 0.4) is 0 Å². The smallest absolute Gasteiger partial charge is 0.157 e. The second-order valence-electron chi connectivity index (χ2n) is 3.12. The van der Waals surface area contributed by atoms with Crippen molar-refractivity contribution in [3.05, 3.63) is 51.3 Å². The fraction of sp³-hybridized carbons (Fsp3) is 0. The van der Waals surface area contributed by atoms with Crippen molar-refractivity contribution in [2.45, 2.75) is 9.92 Å². The first-order valence-corrected chi connectivity index (χ1v) is 6.45. The zero-order valence-corrected chi connectivity index (χ0v) is 11.3. The Balaban J connectivity index is 2.34. The minimum absolute atomic E-state index is 0.207. The average Bonchev–Trinajstić information content (AvgIpc) is 2.27. The first-order valence-electron chi connectivity index (χ1n) is 4.50. The molecular formula is C11H5Cl3FNS. The van der Waals surface area contributed by atoms with Crippen LogP contribution in [0, 0.1) is 5.82 Å². The summed E-state index contributed by atoms with van der Waals surface area (Å²) in [6.07, 6.45) is 1.38. The number of nitrogens with zero attached hydrogens (tertiary/aromatic N) is 1. The van der Waals surface area contributed by atoms with Gasteiger partial charge in [0.1, 0.15) is 5.03 Å². The van der Waals surface area contributed by atoms with Gasteiger partial charge in [0, 0.05) is 16.1 Å². The van der Waals surface area contributed by atoms with E-state index in [0.29, 0.717) is 14.9 Å². The summed E-state index contributed by atoms with van der Waals surface area (Å²) in [5, 5.41) is 1.49. The molecule has 0 aliphatic carbocycles. The molecule has 0 unspecified atom stereocenters. The number of rotatable bonds is 2. The van der Waals surface area contributed by atoms with Gasteiger partial charge < -0.3 is 0 Å². The standard InChI is InChI=1S/C11H5Cl3FNS/c12-6-1-2-8(14)10(4-6)17-11-9(15)3-7(13)5-16-11/h1-5H. The van der Waals surface area contributed by atoms with Crippen LogP contribution in [-0.2, 0) is 0 Å². The van der Waals surface area contributed by atoms with Gasteiger partial charge in [-0.15, -0.1) is 0 Å². The van der Waals surface area contributed by atoms with Crippen molar-refractivity contribution in [2.24, 2.45) is 0 Å². The van der Waals surface area contributed by atoms with E-state index in [9.17, 15) is 4.39 Å². The van der Waals surface area contributed by atoms with E-state index in [0.717, 1.165) is 11.8 Å². The summed E-state index contributed by atoms with van der Waals surface area (Å²) in [7, 11) is 0. The van der Waals surface area contributed by atoms with Gasteiger partial charge in [0.15, 0.2) is 5.82 Å². The minimum Gasteiger partial charge on any atom is -0.245 e. The van der Waals surface area contributed by atoms with Crippen molar-refractivity contribution in [3.63, 3.8) is 0 Å². The molecule has 0 aliphatic heterocycles. The number of benzene rings is 1. The van der Waals surface area contributed by atoms with Crippen LogP contribution in [0.5, 0.6) is 0 Å². The van der Waals surface area contributed by atoms with E-state index in [4.69, 9.17) is 34.8 Å². The van der Waals surface area contributed by atoms with Crippen molar-refractivity contribution < 1.29 is 4.39 Å². The molecule has 0 N–H and O–H groups in total. The summed E-state index contributed by atoms with van der Waals surface area (Å²) >= 11 is 18.5. The predicted octanol–water partition coefficient (Wildman–Crippen LogP) is 5.33. The largest absolute Gasteiger partial charge is 0.245 e. The lowest BCUT2D eigenvalue weighted by atomic mass is 10.4. The molecule has 0 bridgehead atoms. The molecule has 0 atom stereocenters. The van der Waals surface area contributed by atoms with Crippen LogP contribution in [0.15, 0.2) is 40.4 Å². The predicted molar refractivity (Wildman–Crippen MR) is 69.8 cm³/mol. The summed E-state index contributed by atoms with van der Waals surface area (Å²) in [5.74, 6) is -0.487. The van der Waals surface area contributed by atoms with Crippen molar-refractivity contribution in [1.82, 2.24) is 4.98 Å². The fourth-order valence-electron chi connectivity index (χ4n) is 1.14. The highest BCUT2D eigenvalue weighted by Gasteiger charge is 2.09. The Bertz CT molecular complexity index is 562. The molecular weight excluding hydrogens is 304 g/mol. The number of hydrogen-bond acceptors (Lipinski definition) is 2. The van der Waals surface area contributed by atoms with E-state index in [1.165, 1.54) is 12.3 Å². The molecule has 0 amide bonds. The maximum Gasteiger partial charge on any atom is 0.157 e. The van der Waals surface area contributed by atoms with E-state index >= 15 is 0 Å². The lowest BCUT2D eigenvalue weighted by molar-refractivity contribution is 0.588. The second kappa shape index (κ2) is 5.44. The Kier molecular flexibility index (Phi) is 4.15. The Hall–Kier alpha value is -0.480. The second-order valence-corrected chi connectivity index (χ2v) is 5.43. The molecule has 88 valence electrons. The van der Waals surface area contributed by atoms with Crippen LogP contribution in [0.4, 0.5) is 4.39 Å². The van der Waals surface area contributed by atoms with Gasteiger partial charge >= 0.3 is 0 Å². The Morgan fingerprint density at radius 2 is 1.82 bits per heavy atom. The molecule has 0 saturated heterocycles. The highest BCUT2D eigenvalue weighted by atomic mass is 35.5. The molecule has 2 rings (SSSR count). The molecule has 0 spiro atoms. The molecule has 1 heterocycles. The topological polar surface area (TPSA) is 12.9 Å². The molecule has 1 aromatic heterocycles. The van der Waals surface area contributed by atoms with Gasteiger partial charge in [0.2, 0.25) is 0 Å². The van der Waals surface area contributed by atoms with Crippen molar-refractivity contribution in [1.29, 1.82) is 0 Å². The zero-order valence-electron chi connectivity index (χ0n) is 8.25. The van der Waals surface area contributed by atoms with Gasteiger partial charge in [-0.2, -0.15) is 0 Å². The summed E-state index contributed by atoms with van der Waals surface area (Å²) in [4.78, 5) is 4.54. The first kappa shape index (κ1) is 13.0. The summed E-state index contributed by atoms with van der Waals surface area (Å²) in [6, 6.07) is 6.18. The summed E-state index contributed by atoms with van der Waals surface area (Å²) in [5.41, 5.74) is 0. The van der Waals surface area contributed by atoms with E-state index in [2.05, 4.69) is 4.98 Å². The third-order valence-corrected chi connectivity index (χ3v) is 3.81. The molecule has 2 aromatic rings. The lowest BCUT2D eigenvalue weighted by Crippen LogP contribution is -1.86. The van der Waals surface area contributed by atoms with Crippen molar-refractivity contribution in [3.8, 4) is 0 Å². The lowest BCUT2D eigenvalue weighted by Gasteiger charge is -2.05. The van der Waals surface area contributed by atoms with Crippen LogP contribution in [0.2, 0.25) is 15.1 Å². The normalized spacial score (nSPS) is 10.6. The summed E-state index contributed by atoms with van der Waals surface area (Å²) in [6.45, 7) is 0.